The fourth-order valence-corrected chi connectivity index (χ4v) is 3.24. The van der Waals surface area contributed by atoms with Crippen molar-refractivity contribution in [3.8, 4) is 0 Å². The average molecular weight is 343 g/mol. The molecule has 2 aromatic rings. The van der Waals surface area contributed by atoms with E-state index in [4.69, 9.17) is 27.6 Å². The topological polar surface area (TPSA) is 30.2 Å². The maximum Gasteiger partial charge on any atom is 0.223 e. The average Bonchev–Trinajstić information content (AvgIpc) is 2.40. The molecule has 5 heteroatoms. The molecule has 0 saturated heterocycles. The Bertz CT molecular complexity index is 713. The first kappa shape index (κ1) is 16.5. The smallest absolute Gasteiger partial charge is 0.223 e. The molecule has 0 unspecified atom stereocenters. The lowest BCUT2D eigenvalue weighted by molar-refractivity contribution is 0.344. The zero-order valence-electron chi connectivity index (χ0n) is 12.3. The normalized spacial score (nSPS) is 11.7. The van der Waals surface area contributed by atoms with Gasteiger partial charge in [-0.2, -0.15) is 0 Å². The van der Waals surface area contributed by atoms with E-state index in [2.05, 4.69) is 0 Å². The van der Waals surface area contributed by atoms with Crippen molar-refractivity contribution in [2.45, 2.75) is 43.1 Å². The van der Waals surface area contributed by atoms with Gasteiger partial charge in [0.2, 0.25) is 5.43 Å². The van der Waals surface area contributed by atoms with Crippen LogP contribution in [0.2, 0.25) is 10.0 Å². The molecule has 1 heterocycles. The Morgan fingerprint density at radius 2 is 1.62 bits per heavy atom. The Labute approximate surface area is 138 Å². The van der Waals surface area contributed by atoms with Crippen LogP contribution in [0.15, 0.2) is 43.5 Å². The lowest BCUT2D eigenvalue weighted by atomic mass is 9.93. The number of benzene rings is 1. The Morgan fingerprint density at radius 3 is 2.14 bits per heavy atom. The van der Waals surface area contributed by atoms with Gasteiger partial charge in [-0.3, -0.25) is 4.79 Å². The SMILES string of the molecule is Cc1ccc(Sc2oc(C(C)(C)C)c(Cl)c(=O)c2Cl)cc1. The van der Waals surface area contributed by atoms with E-state index in [1.165, 1.54) is 17.3 Å². The van der Waals surface area contributed by atoms with Crippen molar-refractivity contribution in [3.63, 3.8) is 0 Å². The van der Waals surface area contributed by atoms with Crippen LogP contribution in [0, 0.1) is 6.92 Å². The van der Waals surface area contributed by atoms with Crippen molar-refractivity contribution in [2.75, 3.05) is 0 Å². The monoisotopic (exact) mass is 342 g/mol. The minimum atomic E-state index is -0.385. The van der Waals surface area contributed by atoms with E-state index < -0.39 is 0 Å². The van der Waals surface area contributed by atoms with Gasteiger partial charge in [0.1, 0.15) is 15.8 Å². The molecule has 0 amide bonds. The van der Waals surface area contributed by atoms with Crippen molar-refractivity contribution in [2.24, 2.45) is 0 Å². The molecule has 0 fully saturated rings. The maximum atomic E-state index is 12.2. The maximum absolute atomic E-state index is 12.2. The molecule has 0 N–H and O–H groups in total. The molecule has 1 aromatic carbocycles. The fraction of sp³-hybridized carbons (Fsp3) is 0.312. The third-order valence-corrected chi connectivity index (χ3v) is 4.66. The minimum Gasteiger partial charge on any atom is -0.451 e. The second-order valence-corrected chi connectivity index (χ2v) is 7.64. The molecule has 0 atom stereocenters. The van der Waals surface area contributed by atoms with Crippen LogP contribution < -0.4 is 5.43 Å². The van der Waals surface area contributed by atoms with E-state index in [-0.39, 0.29) is 20.9 Å². The Kier molecular flexibility index (Phi) is 4.76. The molecule has 0 aliphatic heterocycles. The zero-order chi connectivity index (χ0) is 15.8. The van der Waals surface area contributed by atoms with Gasteiger partial charge in [0, 0.05) is 10.3 Å². The minimum absolute atomic E-state index is 0.0265. The molecule has 112 valence electrons. The third-order valence-electron chi connectivity index (χ3n) is 2.88. The first-order valence-corrected chi connectivity index (χ1v) is 8.04. The molecule has 2 rings (SSSR count). The van der Waals surface area contributed by atoms with Crippen LogP contribution in [0.5, 0.6) is 0 Å². The summed E-state index contributed by atoms with van der Waals surface area (Å²) in [6.07, 6.45) is 0. The van der Waals surface area contributed by atoms with Gasteiger partial charge in [0.25, 0.3) is 0 Å². The lowest BCUT2D eigenvalue weighted by Crippen LogP contribution is -2.17. The van der Waals surface area contributed by atoms with Crippen LogP contribution in [-0.2, 0) is 5.41 Å². The zero-order valence-corrected chi connectivity index (χ0v) is 14.6. The summed E-state index contributed by atoms with van der Waals surface area (Å²) in [5.74, 6) is 0.452. The number of rotatable bonds is 2. The molecule has 0 bridgehead atoms. The molecule has 21 heavy (non-hydrogen) atoms. The van der Waals surface area contributed by atoms with Crippen molar-refractivity contribution in [1.29, 1.82) is 0 Å². The highest BCUT2D eigenvalue weighted by atomic mass is 35.5. The first-order chi connectivity index (χ1) is 9.70. The van der Waals surface area contributed by atoms with Crippen LogP contribution in [0.1, 0.15) is 32.1 Å². The summed E-state index contributed by atoms with van der Waals surface area (Å²) in [5.41, 5.74) is 0.408. The first-order valence-electron chi connectivity index (χ1n) is 6.47. The standard InChI is InChI=1S/C16H16Cl2O2S/c1-9-5-7-10(8-6-9)21-15-12(18)13(19)11(17)14(20-15)16(2,3)4/h5-8H,1-4H3. The summed E-state index contributed by atoms with van der Waals surface area (Å²) < 4.78 is 5.82. The Morgan fingerprint density at radius 1 is 1.05 bits per heavy atom. The molecule has 0 aliphatic carbocycles. The second-order valence-electron chi connectivity index (χ2n) is 5.84. The highest BCUT2D eigenvalue weighted by molar-refractivity contribution is 7.99. The summed E-state index contributed by atoms with van der Waals surface area (Å²) in [6.45, 7) is 7.82. The molecule has 0 radical (unpaired) electrons. The van der Waals surface area contributed by atoms with Crippen LogP contribution in [0.4, 0.5) is 0 Å². The van der Waals surface area contributed by atoms with Gasteiger partial charge in [-0.1, -0.05) is 73.4 Å². The van der Waals surface area contributed by atoms with Gasteiger partial charge in [-0.25, -0.2) is 0 Å². The van der Waals surface area contributed by atoms with Gasteiger partial charge in [0.05, 0.1) is 0 Å². The summed E-state index contributed by atoms with van der Waals surface area (Å²) in [5, 5.41) is 0.458. The van der Waals surface area contributed by atoms with Crippen LogP contribution in [-0.4, -0.2) is 0 Å². The van der Waals surface area contributed by atoms with Crippen LogP contribution in [0.3, 0.4) is 0 Å². The molecular formula is C16H16Cl2O2S. The van der Waals surface area contributed by atoms with E-state index in [0.717, 1.165) is 4.90 Å². The molecule has 2 nitrogen and oxygen atoms in total. The van der Waals surface area contributed by atoms with Crippen molar-refractivity contribution in [1.82, 2.24) is 0 Å². The van der Waals surface area contributed by atoms with Gasteiger partial charge in [-0.05, 0) is 19.1 Å². The Balaban J connectivity index is 2.51. The van der Waals surface area contributed by atoms with Gasteiger partial charge < -0.3 is 4.42 Å². The molecular weight excluding hydrogens is 327 g/mol. The summed E-state index contributed by atoms with van der Waals surface area (Å²) >= 11 is 13.5. The highest BCUT2D eigenvalue weighted by Crippen LogP contribution is 2.37. The summed E-state index contributed by atoms with van der Waals surface area (Å²) in [4.78, 5) is 13.1. The van der Waals surface area contributed by atoms with E-state index in [0.29, 0.717) is 10.9 Å². The lowest BCUT2D eigenvalue weighted by Gasteiger charge is -2.19. The van der Waals surface area contributed by atoms with Crippen molar-refractivity contribution in [3.05, 3.63) is 55.9 Å². The van der Waals surface area contributed by atoms with E-state index in [1.807, 2.05) is 52.0 Å². The van der Waals surface area contributed by atoms with Gasteiger partial charge >= 0.3 is 0 Å². The predicted octanol–water partition coefficient (Wildman–Crippen LogP) is 5.70. The molecule has 0 aliphatic rings. The number of aryl methyl sites for hydroxylation is 1. The van der Waals surface area contributed by atoms with E-state index in [1.54, 1.807) is 0 Å². The van der Waals surface area contributed by atoms with E-state index in [9.17, 15) is 4.79 Å². The summed E-state index contributed by atoms with van der Waals surface area (Å²) in [6, 6.07) is 7.91. The van der Waals surface area contributed by atoms with Gasteiger partial charge in [0.15, 0.2) is 5.09 Å². The quantitative estimate of drug-likeness (QED) is 0.700. The molecule has 0 spiro atoms. The van der Waals surface area contributed by atoms with Crippen LogP contribution in [0.25, 0.3) is 0 Å². The predicted molar refractivity (Wildman–Crippen MR) is 89.0 cm³/mol. The second kappa shape index (κ2) is 6.07. The van der Waals surface area contributed by atoms with Crippen molar-refractivity contribution >= 4 is 35.0 Å². The molecule has 1 aromatic heterocycles. The van der Waals surface area contributed by atoms with E-state index >= 15 is 0 Å². The number of hydrogen-bond acceptors (Lipinski definition) is 3. The van der Waals surface area contributed by atoms with Crippen molar-refractivity contribution < 1.29 is 4.42 Å². The number of halogens is 2. The Hall–Kier alpha value is -0.900. The largest absolute Gasteiger partial charge is 0.451 e. The summed E-state index contributed by atoms with van der Waals surface area (Å²) in [7, 11) is 0. The number of hydrogen-bond donors (Lipinski definition) is 0. The molecule has 0 saturated carbocycles. The van der Waals surface area contributed by atoms with Crippen LogP contribution >= 0.6 is 35.0 Å². The third kappa shape index (κ3) is 3.65. The fourth-order valence-electron chi connectivity index (χ4n) is 1.74. The van der Waals surface area contributed by atoms with Gasteiger partial charge in [-0.15, -0.1) is 0 Å². The highest BCUT2D eigenvalue weighted by Gasteiger charge is 2.26.